The number of likely N-dealkylation sites (tertiary alicyclic amines) is 1. The largest absolute Gasteiger partial charge is 0.373 e. The molecular weight excluding hydrogens is 400 g/mol. The fourth-order valence-electron chi connectivity index (χ4n) is 4.05. The van der Waals surface area contributed by atoms with Crippen molar-refractivity contribution < 1.29 is 9.59 Å². The molecule has 0 aromatic heterocycles. The molecule has 2 N–H and O–H groups in total. The number of rotatable bonds is 12. The van der Waals surface area contributed by atoms with Gasteiger partial charge in [0.25, 0.3) is 0 Å². The van der Waals surface area contributed by atoms with Gasteiger partial charge in [-0.15, -0.1) is 0 Å². The maximum Gasteiger partial charge on any atom is 0.246 e. The fraction of sp³-hybridized carbons (Fsp3) is 0.615. The standard InChI is InChI=1S/C26H44N4O2/c1-9-12-21(13-10-2)15-17-29(20(3)4)19-22-14-11-16-30(22)25(32)24(26(5,6)7)28-23(31)18-27-8/h9-10,12-13,22,24,27H,1,3,11,14-19H2,2,4-8H3,(H,28,31)/b13-10-,21-12+. The van der Waals surface area contributed by atoms with Crippen molar-refractivity contribution in [1.29, 1.82) is 0 Å². The van der Waals surface area contributed by atoms with Gasteiger partial charge in [0.15, 0.2) is 0 Å². The van der Waals surface area contributed by atoms with Crippen LogP contribution in [-0.4, -0.2) is 66.9 Å². The molecule has 0 radical (unpaired) electrons. The van der Waals surface area contributed by atoms with E-state index in [1.54, 1.807) is 7.05 Å². The van der Waals surface area contributed by atoms with Crippen LogP contribution >= 0.6 is 0 Å². The Morgan fingerprint density at radius 2 is 2.00 bits per heavy atom. The highest BCUT2D eigenvalue weighted by molar-refractivity contribution is 5.89. The number of hydrogen-bond acceptors (Lipinski definition) is 4. The maximum atomic E-state index is 13.6. The average molecular weight is 445 g/mol. The van der Waals surface area contributed by atoms with Gasteiger partial charge < -0.3 is 20.4 Å². The molecule has 2 unspecified atom stereocenters. The number of likely N-dealkylation sites (N-methyl/N-ethyl adjacent to an activating group) is 1. The normalized spacial score (nSPS) is 18.0. The molecule has 0 aromatic carbocycles. The fourth-order valence-corrected chi connectivity index (χ4v) is 4.05. The second kappa shape index (κ2) is 13.3. The number of nitrogens with one attached hydrogen (secondary N) is 2. The van der Waals surface area contributed by atoms with Crippen LogP contribution in [0.15, 0.2) is 48.7 Å². The van der Waals surface area contributed by atoms with Crippen molar-refractivity contribution in [1.82, 2.24) is 20.4 Å². The van der Waals surface area contributed by atoms with Crippen LogP contribution in [0.3, 0.4) is 0 Å². The molecule has 1 fully saturated rings. The first-order valence-electron chi connectivity index (χ1n) is 11.6. The van der Waals surface area contributed by atoms with Crippen LogP contribution in [0.25, 0.3) is 0 Å². The molecule has 0 aliphatic carbocycles. The van der Waals surface area contributed by atoms with Gasteiger partial charge in [0, 0.05) is 31.4 Å². The first-order chi connectivity index (χ1) is 15.0. The summed E-state index contributed by atoms with van der Waals surface area (Å²) in [7, 11) is 1.72. The molecule has 2 amide bonds. The topological polar surface area (TPSA) is 64.7 Å². The predicted octanol–water partition coefficient (Wildman–Crippen LogP) is 3.64. The lowest BCUT2D eigenvalue weighted by Crippen LogP contribution is -2.57. The van der Waals surface area contributed by atoms with E-state index in [-0.39, 0.29) is 29.8 Å². The Hall–Kier alpha value is -2.34. The third kappa shape index (κ3) is 8.65. The van der Waals surface area contributed by atoms with Gasteiger partial charge in [-0.3, -0.25) is 9.59 Å². The van der Waals surface area contributed by atoms with Gasteiger partial charge in [0.2, 0.25) is 11.8 Å². The highest BCUT2D eigenvalue weighted by atomic mass is 16.2. The number of hydrogen-bond donors (Lipinski definition) is 2. The lowest BCUT2D eigenvalue weighted by atomic mass is 9.85. The summed E-state index contributed by atoms with van der Waals surface area (Å²) in [5.41, 5.74) is 1.84. The smallest absolute Gasteiger partial charge is 0.246 e. The van der Waals surface area contributed by atoms with Crippen LogP contribution in [0.2, 0.25) is 0 Å². The van der Waals surface area contributed by atoms with Gasteiger partial charge in [0.05, 0.1) is 6.54 Å². The molecule has 1 heterocycles. The van der Waals surface area contributed by atoms with E-state index in [2.05, 4.69) is 34.8 Å². The van der Waals surface area contributed by atoms with E-state index in [1.165, 1.54) is 5.57 Å². The molecule has 180 valence electrons. The zero-order valence-electron chi connectivity index (χ0n) is 21.0. The molecule has 0 bridgehead atoms. The van der Waals surface area contributed by atoms with Crippen molar-refractivity contribution in [2.45, 2.75) is 66.0 Å². The minimum Gasteiger partial charge on any atom is -0.373 e. The molecule has 6 heteroatoms. The summed E-state index contributed by atoms with van der Waals surface area (Å²) in [5, 5.41) is 5.80. The van der Waals surface area contributed by atoms with Crippen LogP contribution in [0.1, 0.15) is 53.9 Å². The van der Waals surface area contributed by atoms with Crippen LogP contribution in [0.5, 0.6) is 0 Å². The average Bonchev–Trinajstić information content (AvgIpc) is 3.16. The third-order valence-corrected chi connectivity index (χ3v) is 5.77. The lowest BCUT2D eigenvalue weighted by Gasteiger charge is -2.37. The van der Waals surface area contributed by atoms with E-state index in [1.807, 2.05) is 57.7 Å². The zero-order valence-corrected chi connectivity index (χ0v) is 21.0. The van der Waals surface area contributed by atoms with Crippen molar-refractivity contribution in [3.05, 3.63) is 48.7 Å². The first-order valence-corrected chi connectivity index (χ1v) is 11.6. The maximum absolute atomic E-state index is 13.6. The molecule has 0 saturated carbocycles. The van der Waals surface area contributed by atoms with Gasteiger partial charge >= 0.3 is 0 Å². The molecule has 32 heavy (non-hydrogen) atoms. The zero-order chi connectivity index (χ0) is 24.3. The van der Waals surface area contributed by atoms with Gasteiger partial charge in [-0.25, -0.2) is 0 Å². The Labute approximate surface area is 195 Å². The summed E-state index contributed by atoms with van der Waals surface area (Å²) in [6.45, 7) is 20.5. The summed E-state index contributed by atoms with van der Waals surface area (Å²) in [5.74, 6) is -0.155. The van der Waals surface area contributed by atoms with Crippen molar-refractivity contribution in [2.75, 3.05) is 33.2 Å². The second-order valence-corrected chi connectivity index (χ2v) is 9.63. The summed E-state index contributed by atoms with van der Waals surface area (Å²) in [6.07, 6.45) is 10.8. The molecule has 1 saturated heterocycles. The molecule has 1 rings (SSSR count). The summed E-state index contributed by atoms with van der Waals surface area (Å²) in [4.78, 5) is 30.0. The molecule has 0 spiro atoms. The second-order valence-electron chi connectivity index (χ2n) is 9.63. The van der Waals surface area contributed by atoms with E-state index in [9.17, 15) is 9.59 Å². The molecule has 2 atom stereocenters. The molecular formula is C26H44N4O2. The number of amides is 2. The van der Waals surface area contributed by atoms with E-state index in [4.69, 9.17) is 0 Å². The minimum atomic E-state index is -0.556. The molecule has 6 nitrogen and oxygen atoms in total. The highest BCUT2D eigenvalue weighted by Gasteiger charge is 2.39. The summed E-state index contributed by atoms with van der Waals surface area (Å²) < 4.78 is 0. The van der Waals surface area contributed by atoms with Crippen molar-refractivity contribution >= 4 is 11.8 Å². The van der Waals surface area contributed by atoms with Gasteiger partial charge in [-0.05, 0) is 51.1 Å². The molecule has 0 aromatic rings. The van der Waals surface area contributed by atoms with E-state index >= 15 is 0 Å². The van der Waals surface area contributed by atoms with Gasteiger partial charge in [-0.1, -0.05) is 58.2 Å². The number of carbonyl (C=O) groups excluding carboxylic acids is 2. The Morgan fingerprint density at radius 3 is 2.53 bits per heavy atom. The van der Waals surface area contributed by atoms with Crippen LogP contribution in [-0.2, 0) is 9.59 Å². The lowest BCUT2D eigenvalue weighted by molar-refractivity contribution is -0.140. The van der Waals surface area contributed by atoms with Gasteiger partial charge in [-0.2, -0.15) is 0 Å². The minimum absolute atomic E-state index is 0.00674. The van der Waals surface area contributed by atoms with E-state index in [0.717, 1.165) is 44.6 Å². The van der Waals surface area contributed by atoms with E-state index in [0.29, 0.717) is 0 Å². The Balaban J connectivity index is 2.95. The third-order valence-electron chi connectivity index (χ3n) is 5.77. The number of carbonyl (C=O) groups is 2. The summed E-state index contributed by atoms with van der Waals surface area (Å²) in [6, 6.07) is -0.446. The van der Waals surface area contributed by atoms with Crippen molar-refractivity contribution in [3.8, 4) is 0 Å². The van der Waals surface area contributed by atoms with Crippen molar-refractivity contribution in [3.63, 3.8) is 0 Å². The SMILES string of the molecule is C=C/C=C(\C=C/C)CCN(CC1CCCN1C(=O)C(NC(=O)CNC)C(C)(C)C)C(=C)C. The Morgan fingerprint density at radius 1 is 1.31 bits per heavy atom. The predicted molar refractivity (Wildman–Crippen MR) is 134 cm³/mol. The van der Waals surface area contributed by atoms with Gasteiger partial charge in [0.1, 0.15) is 6.04 Å². The van der Waals surface area contributed by atoms with Crippen molar-refractivity contribution in [2.24, 2.45) is 5.41 Å². The van der Waals surface area contributed by atoms with E-state index < -0.39 is 6.04 Å². The van der Waals surface area contributed by atoms with Crippen LogP contribution in [0.4, 0.5) is 0 Å². The summed E-state index contributed by atoms with van der Waals surface area (Å²) >= 11 is 0. The molecule has 1 aliphatic heterocycles. The van der Waals surface area contributed by atoms with Crippen LogP contribution in [0, 0.1) is 5.41 Å². The highest BCUT2D eigenvalue weighted by Crippen LogP contribution is 2.27. The quantitative estimate of drug-likeness (QED) is 0.451. The first kappa shape index (κ1) is 27.7. The van der Waals surface area contributed by atoms with Crippen LogP contribution < -0.4 is 10.6 Å². The Bertz CT molecular complexity index is 718. The Kier molecular flexibility index (Phi) is 11.5. The monoisotopic (exact) mass is 444 g/mol. The molecule has 1 aliphatic rings. The number of nitrogens with zero attached hydrogens (tertiary/aromatic N) is 2. The number of allylic oxidation sites excluding steroid dienone is 5.